The molecule has 2 heterocycles. The fourth-order valence-corrected chi connectivity index (χ4v) is 4.73. The van der Waals surface area contributed by atoms with Crippen molar-refractivity contribution in [3.05, 3.63) is 81.6 Å². The molecule has 1 aliphatic rings. The molecule has 1 aliphatic heterocycles. The van der Waals surface area contributed by atoms with Crippen molar-refractivity contribution < 1.29 is 14.3 Å². The summed E-state index contributed by atoms with van der Waals surface area (Å²) in [7, 11) is 0. The zero-order valence-electron chi connectivity index (χ0n) is 20.6. The first-order valence-corrected chi connectivity index (χ1v) is 12.7. The van der Waals surface area contributed by atoms with Crippen LogP contribution in [0, 0.1) is 0 Å². The molecule has 0 radical (unpaired) electrons. The second kappa shape index (κ2) is 10.9. The van der Waals surface area contributed by atoms with Gasteiger partial charge >= 0.3 is 6.09 Å². The highest BCUT2D eigenvalue weighted by Crippen LogP contribution is 2.34. The first-order chi connectivity index (χ1) is 17.1. The molecule has 1 aromatic heterocycles. The molecule has 1 saturated heterocycles. The molecule has 3 aromatic rings. The van der Waals surface area contributed by atoms with E-state index in [-0.39, 0.29) is 17.9 Å². The van der Waals surface area contributed by atoms with Crippen LogP contribution in [0.4, 0.5) is 4.79 Å². The average Bonchev–Trinajstić information content (AvgIpc) is 3.28. The van der Waals surface area contributed by atoms with Gasteiger partial charge in [0.1, 0.15) is 5.60 Å². The Morgan fingerprint density at radius 1 is 1.03 bits per heavy atom. The third kappa shape index (κ3) is 6.02. The molecule has 0 unspecified atom stereocenters. The van der Waals surface area contributed by atoms with Gasteiger partial charge in [0.25, 0.3) is 5.91 Å². The molecule has 1 N–H and O–H groups in total. The summed E-state index contributed by atoms with van der Waals surface area (Å²) in [6.45, 7) is 6.90. The Balaban J connectivity index is 1.59. The highest BCUT2D eigenvalue weighted by Gasteiger charge is 2.32. The van der Waals surface area contributed by atoms with Crippen LogP contribution in [0.3, 0.4) is 0 Å². The summed E-state index contributed by atoms with van der Waals surface area (Å²) in [5.74, 6) is -0.235. The minimum atomic E-state index is -0.552. The zero-order chi connectivity index (χ0) is 25.9. The number of nitrogens with zero attached hydrogens (tertiary/aromatic N) is 3. The number of hydrogen-bond donors (Lipinski definition) is 1. The number of piperidine rings is 1. The van der Waals surface area contributed by atoms with E-state index in [4.69, 9.17) is 27.9 Å². The SMILES string of the molecule is CC(C)(C)OC(=O)N1CCC(c2c(C(=O)NCc3ccccc3Cl)cnn2-c2ccccc2Cl)CC1. The summed E-state index contributed by atoms with van der Waals surface area (Å²) in [6.07, 6.45) is 2.60. The van der Waals surface area contributed by atoms with Crippen LogP contribution in [-0.2, 0) is 11.3 Å². The molecule has 7 nitrogen and oxygen atoms in total. The standard InChI is InChI=1S/C27H30Cl2N4O3/c1-27(2,3)36-26(35)32-14-12-18(13-15-32)24-20(17-31-33(24)23-11-7-6-10-22(23)29)25(34)30-16-19-8-4-5-9-21(19)28/h4-11,17-18H,12-16H2,1-3H3,(H,30,34). The number of hydrogen-bond acceptors (Lipinski definition) is 4. The van der Waals surface area contributed by atoms with Gasteiger partial charge < -0.3 is 15.0 Å². The zero-order valence-corrected chi connectivity index (χ0v) is 22.1. The molecular weight excluding hydrogens is 499 g/mol. The molecule has 9 heteroatoms. The Bertz CT molecular complexity index is 1240. The highest BCUT2D eigenvalue weighted by molar-refractivity contribution is 6.32. The first kappa shape index (κ1) is 26.0. The lowest BCUT2D eigenvalue weighted by molar-refractivity contribution is 0.0203. The molecule has 2 amide bonds. The number of carbonyl (C=O) groups excluding carboxylic acids is 2. The highest BCUT2D eigenvalue weighted by atomic mass is 35.5. The normalized spacial score (nSPS) is 14.5. The molecular formula is C27H30Cl2N4O3. The molecule has 0 aliphatic carbocycles. The Kier molecular flexibility index (Phi) is 7.91. The van der Waals surface area contributed by atoms with Crippen molar-refractivity contribution in [2.75, 3.05) is 13.1 Å². The number of aromatic nitrogens is 2. The summed E-state index contributed by atoms with van der Waals surface area (Å²) in [5.41, 5.74) is 2.25. The van der Waals surface area contributed by atoms with Crippen LogP contribution in [0.5, 0.6) is 0 Å². The number of carbonyl (C=O) groups is 2. The van der Waals surface area contributed by atoms with Crippen molar-refractivity contribution >= 4 is 35.2 Å². The molecule has 2 aromatic carbocycles. The van der Waals surface area contributed by atoms with Crippen LogP contribution >= 0.6 is 23.2 Å². The Morgan fingerprint density at radius 2 is 1.67 bits per heavy atom. The minimum absolute atomic E-state index is 0.00326. The van der Waals surface area contributed by atoms with E-state index in [9.17, 15) is 9.59 Å². The monoisotopic (exact) mass is 528 g/mol. The van der Waals surface area contributed by atoms with Crippen LogP contribution < -0.4 is 5.32 Å². The van der Waals surface area contributed by atoms with Crippen LogP contribution in [0.15, 0.2) is 54.7 Å². The van der Waals surface area contributed by atoms with E-state index in [1.54, 1.807) is 27.9 Å². The number of likely N-dealkylation sites (tertiary alicyclic amines) is 1. The number of nitrogens with one attached hydrogen (secondary N) is 1. The van der Waals surface area contributed by atoms with Gasteiger partial charge in [0.2, 0.25) is 0 Å². The van der Waals surface area contributed by atoms with Crippen LogP contribution in [0.25, 0.3) is 5.69 Å². The number of halogens is 2. The van der Waals surface area contributed by atoms with E-state index in [2.05, 4.69) is 10.4 Å². The second-order valence-corrected chi connectivity index (χ2v) is 10.6. The van der Waals surface area contributed by atoms with Gasteiger partial charge in [-0.25, -0.2) is 9.48 Å². The Hall–Kier alpha value is -3.03. The topological polar surface area (TPSA) is 76.5 Å². The fourth-order valence-electron chi connectivity index (χ4n) is 4.32. The van der Waals surface area contributed by atoms with E-state index in [1.807, 2.05) is 57.2 Å². The molecule has 36 heavy (non-hydrogen) atoms. The van der Waals surface area contributed by atoms with Crippen molar-refractivity contribution in [3.63, 3.8) is 0 Å². The summed E-state index contributed by atoms with van der Waals surface area (Å²) in [6, 6.07) is 14.8. The fraction of sp³-hybridized carbons (Fsp3) is 0.370. The molecule has 4 rings (SSSR count). The molecule has 0 bridgehead atoms. The maximum Gasteiger partial charge on any atom is 0.410 e. The van der Waals surface area contributed by atoms with Crippen molar-refractivity contribution in [2.45, 2.75) is 51.7 Å². The summed E-state index contributed by atoms with van der Waals surface area (Å²) >= 11 is 12.8. The number of ether oxygens (including phenoxy) is 1. The maximum absolute atomic E-state index is 13.3. The predicted molar refractivity (Wildman–Crippen MR) is 141 cm³/mol. The van der Waals surface area contributed by atoms with Gasteiger partial charge in [-0.05, 0) is 57.4 Å². The average molecular weight is 529 g/mol. The summed E-state index contributed by atoms with van der Waals surface area (Å²) in [5, 5.41) is 8.67. The maximum atomic E-state index is 13.3. The van der Waals surface area contributed by atoms with Crippen molar-refractivity contribution in [2.24, 2.45) is 0 Å². The number of rotatable bonds is 5. The number of amides is 2. The van der Waals surface area contributed by atoms with Crippen molar-refractivity contribution in [3.8, 4) is 5.69 Å². The summed E-state index contributed by atoms with van der Waals surface area (Å²) < 4.78 is 7.29. The van der Waals surface area contributed by atoms with Crippen molar-refractivity contribution in [1.82, 2.24) is 20.0 Å². The van der Waals surface area contributed by atoms with Crippen LogP contribution in [0.2, 0.25) is 10.0 Å². The Morgan fingerprint density at radius 3 is 2.31 bits per heavy atom. The lowest BCUT2D eigenvalue weighted by Gasteiger charge is -2.34. The van der Waals surface area contributed by atoms with Crippen molar-refractivity contribution in [1.29, 1.82) is 0 Å². The number of para-hydroxylation sites is 1. The van der Waals surface area contributed by atoms with Crippen LogP contribution in [0.1, 0.15) is 61.1 Å². The van der Waals surface area contributed by atoms with E-state index in [1.165, 1.54) is 0 Å². The Labute approximate surface area is 221 Å². The van der Waals surface area contributed by atoms with Gasteiger partial charge in [0.15, 0.2) is 0 Å². The van der Waals surface area contributed by atoms with E-state index < -0.39 is 5.60 Å². The molecule has 190 valence electrons. The third-order valence-electron chi connectivity index (χ3n) is 6.06. The quantitative estimate of drug-likeness (QED) is 0.426. The molecule has 0 atom stereocenters. The lowest BCUT2D eigenvalue weighted by atomic mass is 9.90. The van der Waals surface area contributed by atoms with E-state index >= 15 is 0 Å². The molecule has 1 fully saturated rings. The second-order valence-electron chi connectivity index (χ2n) is 9.82. The van der Waals surface area contributed by atoms with Gasteiger partial charge in [0.05, 0.1) is 28.2 Å². The van der Waals surface area contributed by atoms with Crippen LogP contribution in [-0.4, -0.2) is 45.4 Å². The lowest BCUT2D eigenvalue weighted by Crippen LogP contribution is -2.41. The van der Waals surface area contributed by atoms with Gasteiger partial charge in [-0.1, -0.05) is 53.5 Å². The molecule has 0 saturated carbocycles. The number of benzene rings is 2. The summed E-state index contributed by atoms with van der Waals surface area (Å²) in [4.78, 5) is 27.6. The predicted octanol–water partition coefficient (Wildman–Crippen LogP) is 6.22. The minimum Gasteiger partial charge on any atom is -0.444 e. The smallest absolute Gasteiger partial charge is 0.410 e. The largest absolute Gasteiger partial charge is 0.444 e. The van der Waals surface area contributed by atoms with Gasteiger partial charge in [-0.15, -0.1) is 0 Å². The van der Waals surface area contributed by atoms with E-state index in [0.29, 0.717) is 53.8 Å². The van der Waals surface area contributed by atoms with Gasteiger partial charge in [-0.2, -0.15) is 5.10 Å². The molecule has 0 spiro atoms. The third-order valence-corrected chi connectivity index (χ3v) is 6.75. The van der Waals surface area contributed by atoms with E-state index in [0.717, 1.165) is 11.3 Å². The van der Waals surface area contributed by atoms with Gasteiger partial charge in [-0.3, -0.25) is 4.79 Å². The van der Waals surface area contributed by atoms with Gasteiger partial charge in [0, 0.05) is 30.6 Å². The first-order valence-electron chi connectivity index (χ1n) is 12.0.